The van der Waals surface area contributed by atoms with Crippen LogP contribution >= 0.6 is 11.8 Å². The molecule has 1 fully saturated rings. The number of nitrogens with one attached hydrogen (secondary N) is 2. The molecule has 1 aromatic carbocycles. The SMILES string of the molecule is Cc1ccc2nc(SCC(=O)N3CCC(c4nc(N)n[nH]4)CC3)[nH]c2c1. The number of amides is 1. The number of benzene rings is 1. The van der Waals surface area contributed by atoms with Gasteiger partial charge in [0.1, 0.15) is 5.82 Å². The molecule has 9 heteroatoms. The van der Waals surface area contributed by atoms with Crippen LogP contribution in [0, 0.1) is 6.92 Å². The molecule has 26 heavy (non-hydrogen) atoms. The van der Waals surface area contributed by atoms with Gasteiger partial charge in [-0.05, 0) is 37.5 Å². The predicted octanol–water partition coefficient (Wildman–Crippen LogP) is 2.07. The minimum atomic E-state index is 0.141. The Labute approximate surface area is 155 Å². The van der Waals surface area contributed by atoms with Crippen molar-refractivity contribution in [2.24, 2.45) is 0 Å². The van der Waals surface area contributed by atoms with Crippen molar-refractivity contribution in [3.8, 4) is 0 Å². The summed E-state index contributed by atoms with van der Waals surface area (Å²) in [4.78, 5) is 26.4. The number of imidazole rings is 1. The summed E-state index contributed by atoms with van der Waals surface area (Å²) >= 11 is 1.45. The van der Waals surface area contributed by atoms with Crippen molar-refractivity contribution >= 4 is 34.7 Å². The summed E-state index contributed by atoms with van der Waals surface area (Å²) < 4.78 is 0. The Kier molecular flexibility index (Phi) is 4.54. The number of aryl methyl sites for hydroxylation is 1. The van der Waals surface area contributed by atoms with Crippen LogP contribution in [0.3, 0.4) is 0 Å². The molecule has 1 saturated heterocycles. The highest BCUT2D eigenvalue weighted by Crippen LogP contribution is 2.27. The Morgan fingerprint density at radius 3 is 2.88 bits per heavy atom. The quantitative estimate of drug-likeness (QED) is 0.605. The Hall–Kier alpha value is -2.55. The predicted molar refractivity (Wildman–Crippen MR) is 101 cm³/mol. The van der Waals surface area contributed by atoms with Crippen molar-refractivity contribution in [2.75, 3.05) is 24.6 Å². The summed E-state index contributed by atoms with van der Waals surface area (Å²) in [6, 6.07) is 6.10. The average molecular weight is 371 g/mol. The molecule has 136 valence electrons. The van der Waals surface area contributed by atoms with E-state index in [0.717, 1.165) is 47.9 Å². The van der Waals surface area contributed by atoms with Crippen LogP contribution in [0.25, 0.3) is 11.0 Å². The van der Waals surface area contributed by atoms with E-state index in [1.54, 1.807) is 0 Å². The lowest BCUT2D eigenvalue weighted by molar-refractivity contribution is -0.129. The lowest BCUT2D eigenvalue weighted by Gasteiger charge is -2.30. The maximum atomic E-state index is 12.5. The number of H-pyrrole nitrogens is 2. The summed E-state index contributed by atoms with van der Waals surface area (Å²) in [6.45, 7) is 3.50. The highest BCUT2D eigenvalue weighted by molar-refractivity contribution is 7.99. The smallest absolute Gasteiger partial charge is 0.239 e. The fourth-order valence-corrected chi connectivity index (χ4v) is 4.05. The second-order valence-electron chi connectivity index (χ2n) is 6.59. The van der Waals surface area contributed by atoms with Gasteiger partial charge in [-0.3, -0.25) is 9.89 Å². The standard InChI is InChI=1S/C17H21N7OS/c1-10-2-3-12-13(8-10)20-17(19-12)26-9-14(25)24-6-4-11(5-7-24)15-21-16(18)23-22-15/h2-3,8,11H,4-7,9H2,1H3,(H,19,20)(H3,18,21,22,23). The van der Waals surface area contributed by atoms with Crippen molar-refractivity contribution in [3.05, 3.63) is 29.6 Å². The van der Waals surface area contributed by atoms with E-state index in [9.17, 15) is 4.79 Å². The number of thioether (sulfide) groups is 1. The van der Waals surface area contributed by atoms with Crippen LogP contribution in [0.5, 0.6) is 0 Å². The number of carbonyl (C=O) groups is 1. The first-order chi connectivity index (χ1) is 12.6. The van der Waals surface area contributed by atoms with Gasteiger partial charge in [-0.25, -0.2) is 4.98 Å². The highest BCUT2D eigenvalue weighted by Gasteiger charge is 2.25. The molecule has 0 atom stereocenters. The molecule has 4 N–H and O–H groups in total. The molecule has 8 nitrogen and oxygen atoms in total. The van der Waals surface area contributed by atoms with Gasteiger partial charge in [0, 0.05) is 19.0 Å². The molecule has 0 spiro atoms. The second-order valence-corrected chi connectivity index (χ2v) is 7.55. The van der Waals surface area contributed by atoms with Gasteiger partial charge >= 0.3 is 0 Å². The molecule has 4 rings (SSSR count). The van der Waals surface area contributed by atoms with E-state index < -0.39 is 0 Å². The number of aromatic nitrogens is 5. The maximum Gasteiger partial charge on any atom is 0.239 e. The van der Waals surface area contributed by atoms with Crippen LogP contribution in [0.1, 0.15) is 30.1 Å². The number of nitrogen functional groups attached to an aromatic ring is 1. The van der Waals surface area contributed by atoms with Crippen LogP contribution in [-0.4, -0.2) is 54.8 Å². The minimum Gasteiger partial charge on any atom is -0.367 e. The zero-order valence-corrected chi connectivity index (χ0v) is 15.3. The Morgan fingerprint density at radius 1 is 1.35 bits per heavy atom. The van der Waals surface area contributed by atoms with Gasteiger partial charge < -0.3 is 15.6 Å². The largest absolute Gasteiger partial charge is 0.367 e. The normalized spacial score (nSPS) is 15.7. The van der Waals surface area contributed by atoms with Crippen molar-refractivity contribution in [3.63, 3.8) is 0 Å². The van der Waals surface area contributed by atoms with E-state index in [2.05, 4.69) is 31.2 Å². The lowest BCUT2D eigenvalue weighted by Crippen LogP contribution is -2.39. The molecule has 3 aromatic rings. The van der Waals surface area contributed by atoms with E-state index in [1.807, 2.05) is 24.0 Å². The lowest BCUT2D eigenvalue weighted by atomic mass is 9.96. The number of carbonyl (C=O) groups excluding carboxylic acids is 1. The van der Waals surface area contributed by atoms with E-state index in [1.165, 1.54) is 17.3 Å². The summed E-state index contributed by atoms with van der Waals surface area (Å²) in [5.74, 6) is 1.91. The van der Waals surface area contributed by atoms with Crippen LogP contribution in [0.2, 0.25) is 0 Å². The third kappa shape index (κ3) is 3.52. The van der Waals surface area contributed by atoms with E-state index in [4.69, 9.17) is 5.73 Å². The number of rotatable bonds is 4. The summed E-state index contributed by atoms with van der Waals surface area (Å²) in [5, 5.41) is 7.54. The zero-order valence-electron chi connectivity index (χ0n) is 14.5. The first-order valence-corrected chi connectivity index (χ1v) is 9.62. The van der Waals surface area contributed by atoms with Gasteiger partial charge in [-0.1, -0.05) is 17.8 Å². The monoisotopic (exact) mass is 371 g/mol. The molecule has 0 saturated carbocycles. The number of hydrogen-bond donors (Lipinski definition) is 3. The Morgan fingerprint density at radius 2 is 2.15 bits per heavy atom. The van der Waals surface area contributed by atoms with E-state index in [-0.39, 0.29) is 17.8 Å². The van der Waals surface area contributed by atoms with Gasteiger partial charge in [0.25, 0.3) is 0 Å². The molecule has 0 bridgehead atoms. The Bertz CT molecular complexity index is 926. The van der Waals surface area contributed by atoms with Crippen molar-refractivity contribution < 1.29 is 4.79 Å². The number of fused-ring (bicyclic) bond motifs is 1. The Balaban J connectivity index is 1.31. The van der Waals surface area contributed by atoms with Gasteiger partial charge in [0.2, 0.25) is 11.9 Å². The molecule has 2 aromatic heterocycles. The van der Waals surface area contributed by atoms with Crippen LogP contribution in [-0.2, 0) is 4.79 Å². The molecule has 3 heterocycles. The van der Waals surface area contributed by atoms with Gasteiger partial charge in [-0.15, -0.1) is 5.10 Å². The maximum absolute atomic E-state index is 12.5. The summed E-state index contributed by atoms with van der Waals surface area (Å²) in [6.07, 6.45) is 1.74. The van der Waals surface area contributed by atoms with Crippen molar-refractivity contribution in [1.82, 2.24) is 30.0 Å². The molecular weight excluding hydrogens is 350 g/mol. The topological polar surface area (TPSA) is 117 Å². The van der Waals surface area contributed by atoms with Crippen molar-refractivity contribution in [2.45, 2.75) is 30.8 Å². The van der Waals surface area contributed by atoms with Crippen LogP contribution in [0.4, 0.5) is 5.95 Å². The van der Waals surface area contributed by atoms with Crippen LogP contribution < -0.4 is 5.73 Å². The number of aromatic amines is 2. The summed E-state index contributed by atoms with van der Waals surface area (Å²) in [5.41, 5.74) is 8.68. The first-order valence-electron chi connectivity index (χ1n) is 8.63. The van der Waals surface area contributed by atoms with Crippen LogP contribution in [0.15, 0.2) is 23.4 Å². The highest BCUT2D eigenvalue weighted by atomic mass is 32.2. The molecule has 1 aliphatic rings. The van der Waals surface area contributed by atoms with E-state index >= 15 is 0 Å². The number of anilines is 1. The fraction of sp³-hybridized carbons (Fsp3) is 0.412. The number of nitrogens with two attached hydrogens (primary N) is 1. The second kappa shape index (κ2) is 6.99. The number of nitrogens with zero attached hydrogens (tertiary/aromatic N) is 4. The van der Waals surface area contributed by atoms with Gasteiger partial charge in [0.15, 0.2) is 5.16 Å². The molecule has 1 aliphatic heterocycles. The first kappa shape index (κ1) is 16.9. The summed E-state index contributed by atoms with van der Waals surface area (Å²) in [7, 11) is 0. The number of likely N-dealkylation sites (tertiary alicyclic amines) is 1. The molecular formula is C17H21N7OS. The number of piperidine rings is 1. The minimum absolute atomic E-state index is 0.141. The van der Waals surface area contributed by atoms with E-state index in [0.29, 0.717) is 5.75 Å². The fourth-order valence-electron chi connectivity index (χ4n) is 3.26. The molecule has 0 unspecified atom stereocenters. The molecule has 0 aliphatic carbocycles. The van der Waals surface area contributed by atoms with Crippen molar-refractivity contribution in [1.29, 1.82) is 0 Å². The third-order valence-corrected chi connectivity index (χ3v) is 5.56. The average Bonchev–Trinajstić information content (AvgIpc) is 3.25. The number of hydrogen-bond acceptors (Lipinski definition) is 6. The van der Waals surface area contributed by atoms with Gasteiger partial charge in [0.05, 0.1) is 16.8 Å². The molecule has 1 amide bonds. The third-order valence-electron chi connectivity index (χ3n) is 4.70. The van der Waals surface area contributed by atoms with Gasteiger partial charge in [-0.2, -0.15) is 4.98 Å². The zero-order chi connectivity index (χ0) is 18.1. The molecule has 0 radical (unpaired) electrons.